The highest BCUT2D eigenvalue weighted by Gasteiger charge is 2.29. The number of piperidine rings is 1. The molecule has 0 bridgehead atoms. The summed E-state index contributed by atoms with van der Waals surface area (Å²) in [6.07, 6.45) is 7.19. The fraction of sp³-hybridized carbons (Fsp3) is 0.323. The van der Waals surface area contributed by atoms with Crippen LogP contribution in [0.15, 0.2) is 72.1 Å². The van der Waals surface area contributed by atoms with Gasteiger partial charge in [-0.2, -0.15) is 0 Å². The number of ether oxygens (including phenoxy) is 1. The van der Waals surface area contributed by atoms with Crippen molar-refractivity contribution in [2.75, 3.05) is 20.2 Å². The quantitative estimate of drug-likeness (QED) is 0.305. The summed E-state index contributed by atoms with van der Waals surface area (Å²) in [6, 6.07) is 14.9. The summed E-state index contributed by atoms with van der Waals surface area (Å²) in [5.41, 5.74) is 6.29. The number of nitrogens with zero attached hydrogens (tertiary/aromatic N) is 4. The van der Waals surface area contributed by atoms with Crippen molar-refractivity contribution in [2.45, 2.75) is 32.9 Å². The van der Waals surface area contributed by atoms with E-state index in [1.165, 1.54) is 6.07 Å². The van der Waals surface area contributed by atoms with Gasteiger partial charge in [-0.15, -0.1) is 0 Å². The molecule has 1 saturated heterocycles. The summed E-state index contributed by atoms with van der Waals surface area (Å²) in [5, 5.41) is 0. The Bertz CT molecular complexity index is 1540. The SMILES string of the molecule is COc1cccc(F)c1CN1C[C@@H](C)C[C@@H](CC(=O)c2ccc3c(c2)C(c2ccc4nccn4c2)=NC3)C1. The van der Waals surface area contributed by atoms with Gasteiger partial charge in [0, 0.05) is 66.9 Å². The number of hydrogen-bond donors (Lipinski definition) is 0. The number of aliphatic imine (C=N–C) groups is 1. The molecule has 4 heterocycles. The normalized spacial score (nSPS) is 19.4. The van der Waals surface area contributed by atoms with Crippen LogP contribution in [0.25, 0.3) is 5.65 Å². The molecule has 0 spiro atoms. The second kappa shape index (κ2) is 10.1. The van der Waals surface area contributed by atoms with Crippen molar-refractivity contribution >= 4 is 17.1 Å². The standard InChI is InChI=1S/C31H31FN4O2/c1-20-12-21(17-35(16-20)19-26-27(32)4-3-5-29(26)38-2)13-28(37)22-6-7-23-15-34-31(25(23)14-22)24-8-9-30-33-10-11-36(30)18-24/h3-11,14,18,20-21H,12-13,15-17,19H2,1-2H3/t20-,21-/m0/s1. The predicted octanol–water partition coefficient (Wildman–Crippen LogP) is 5.56. The number of carbonyl (C=O) groups excluding carboxylic acids is 1. The molecule has 2 atom stereocenters. The molecular formula is C31H31FN4O2. The van der Waals surface area contributed by atoms with Crippen LogP contribution in [-0.4, -0.2) is 46.0 Å². The number of aromatic nitrogens is 2. The van der Waals surface area contributed by atoms with E-state index < -0.39 is 0 Å². The lowest BCUT2D eigenvalue weighted by Gasteiger charge is -2.36. The van der Waals surface area contributed by atoms with Gasteiger partial charge in [-0.3, -0.25) is 14.7 Å². The Balaban J connectivity index is 1.18. The number of likely N-dealkylation sites (tertiary alicyclic amines) is 1. The summed E-state index contributed by atoms with van der Waals surface area (Å²) in [5.74, 6) is 1.11. The maximum absolute atomic E-state index is 14.6. The average Bonchev–Trinajstić information content (AvgIpc) is 3.55. The number of hydrogen-bond acceptors (Lipinski definition) is 5. The lowest BCUT2D eigenvalue weighted by atomic mass is 9.85. The first-order valence-corrected chi connectivity index (χ1v) is 13.2. The molecular weight excluding hydrogens is 479 g/mol. The van der Waals surface area contributed by atoms with Crippen LogP contribution < -0.4 is 4.74 Å². The fourth-order valence-electron chi connectivity index (χ4n) is 6.03. The number of Topliss-reactive ketones (excluding diaryl/α,β-unsaturated/α-hetero) is 1. The highest BCUT2D eigenvalue weighted by molar-refractivity contribution is 6.16. The molecule has 1 fully saturated rings. The maximum Gasteiger partial charge on any atom is 0.163 e. The number of rotatable bonds is 7. The van der Waals surface area contributed by atoms with E-state index >= 15 is 0 Å². The van der Waals surface area contributed by atoms with Gasteiger partial charge in [-0.1, -0.05) is 25.1 Å². The van der Waals surface area contributed by atoms with Gasteiger partial charge in [-0.05, 0) is 54.2 Å². The molecule has 2 aliphatic heterocycles. The number of methoxy groups -OCH3 is 1. The van der Waals surface area contributed by atoms with E-state index in [1.54, 1.807) is 25.4 Å². The minimum absolute atomic E-state index is 0.145. The van der Waals surface area contributed by atoms with Gasteiger partial charge >= 0.3 is 0 Å². The molecule has 194 valence electrons. The van der Waals surface area contributed by atoms with E-state index in [4.69, 9.17) is 9.73 Å². The highest BCUT2D eigenvalue weighted by Crippen LogP contribution is 2.31. The van der Waals surface area contributed by atoms with Gasteiger partial charge in [0.05, 0.1) is 19.4 Å². The first kappa shape index (κ1) is 24.5. The number of carbonyl (C=O) groups is 1. The van der Waals surface area contributed by atoms with Gasteiger partial charge in [-0.25, -0.2) is 9.37 Å². The van der Waals surface area contributed by atoms with Crippen LogP contribution in [0.4, 0.5) is 4.39 Å². The largest absolute Gasteiger partial charge is 0.496 e. The first-order chi connectivity index (χ1) is 18.5. The van der Waals surface area contributed by atoms with E-state index in [0.29, 0.717) is 36.7 Å². The van der Waals surface area contributed by atoms with Crippen molar-refractivity contribution in [2.24, 2.45) is 16.8 Å². The van der Waals surface area contributed by atoms with Crippen molar-refractivity contribution in [3.05, 3.63) is 101 Å². The number of fused-ring (bicyclic) bond motifs is 2. The zero-order valence-electron chi connectivity index (χ0n) is 21.7. The van der Waals surface area contributed by atoms with E-state index in [9.17, 15) is 9.18 Å². The number of halogens is 1. The minimum atomic E-state index is -0.252. The maximum atomic E-state index is 14.6. The van der Waals surface area contributed by atoms with Crippen LogP contribution in [0.3, 0.4) is 0 Å². The molecule has 6 rings (SSSR count). The Labute approximate surface area is 221 Å². The highest BCUT2D eigenvalue weighted by atomic mass is 19.1. The third kappa shape index (κ3) is 4.74. The average molecular weight is 511 g/mol. The topological polar surface area (TPSA) is 59.2 Å². The number of imidazole rings is 1. The van der Waals surface area contributed by atoms with Gasteiger partial charge in [0.15, 0.2) is 5.78 Å². The van der Waals surface area contributed by atoms with Crippen LogP contribution >= 0.6 is 0 Å². The molecule has 0 radical (unpaired) electrons. The van der Waals surface area contributed by atoms with Gasteiger partial charge in [0.25, 0.3) is 0 Å². The molecule has 38 heavy (non-hydrogen) atoms. The summed E-state index contributed by atoms with van der Waals surface area (Å²) in [7, 11) is 1.57. The van der Waals surface area contributed by atoms with Gasteiger partial charge in [0.2, 0.25) is 0 Å². The first-order valence-electron chi connectivity index (χ1n) is 13.2. The van der Waals surface area contributed by atoms with Gasteiger partial charge < -0.3 is 9.14 Å². The fourth-order valence-corrected chi connectivity index (χ4v) is 6.03. The molecule has 2 aromatic carbocycles. The third-order valence-corrected chi connectivity index (χ3v) is 7.73. The van der Waals surface area contributed by atoms with Crippen LogP contribution in [0.5, 0.6) is 5.75 Å². The summed E-state index contributed by atoms with van der Waals surface area (Å²) in [6.45, 7) is 4.94. The van der Waals surface area contributed by atoms with Crippen molar-refractivity contribution in [1.29, 1.82) is 0 Å². The van der Waals surface area contributed by atoms with E-state index in [1.807, 2.05) is 47.1 Å². The Kier molecular flexibility index (Phi) is 6.54. The van der Waals surface area contributed by atoms with Crippen molar-refractivity contribution in [3.63, 3.8) is 0 Å². The Morgan fingerprint density at radius 1 is 1.16 bits per heavy atom. The predicted molar refractivity (Wildman–Crippen MR) is 145 cm³/mol. The Morgan fingerprint density at radius 3 is 2.92 bits per heavy atom. The molecule has 0 amide bonds. The molecule has 0 aliphatic carbocycles. The van der Waals surface area contributed by atoms with E-state index in [-0.39, 0.29) is 17.5 Å². The minimum Gasteiger partial charge on any atom is -0.496 e. The van der Waals surface area contributed by atoms with Crippen molar-refractivity contribution in [1.82, 2.24) is 14.3 Å². The summed E-state index contributed by atoms with van der Waals surface area (Å²) >= 11 is 0. The summed E-state index contributed by atoms with van der Waals surface area (Å²) in [4.78, 5) is 24.8. The molecule has 2 aromatic heterocycles. The lowest BCUT2D eigenvalue weighted by molar-refractivity contribution is 0.0856. The monoisotopic (exact) mass is 510 g/mol. The molecule has 0 N–H and O–H groups in total. The second-order valence-electron chi connectivity index (χ2n) is 10.6. The molecule has 4 aromatic rings. The van der Waals surface area contributed by atoms with E-state index in [0.717, 1.165) is 53.1 Å². The number of benzene rings is 2. The third-order valence-electron chi connectivity index (χ3n) is 7.73. The zero-order valence-corrected chi connectivity index (χ0v) is 21.7. The number of ketones is 1. The number of pyridine rings is 1. The molecule has 0 saturated carbocycles. The van der Waals surface area contributed by atoms with Crippen LogP contribution in [-0.2, 0) is 13.1 Å². The zero-order chi connectivity index (χ0) is 26.2. The van der Waals surface area contributed by atoms with Crippen LogP contribution in [0, 0.1) is 17.7 Å². The molecule has 6 nitrogen and oxygen atoms in total. The second-order valence-corrected chi connectivity index (χ2v) is 10.6. The Morgan fingerprint density at radius 2 is 2.05 bits per heavy atom. The van der Waals surface area contributed by atoms with Crippen molar-refractivity contribution < 1.29 is 13.9 Å². The van der Waals surface area contributed by atoms with E-state index in [2.05, 4.69) is 16.8 Å². The van der Waals surface area contributed by atoms with Crippen LogP contribution in [0.1, 0.15) is 52.4 Å². The molecule has 0 unspecified atom stereocenters. The lowest BCUT2D eigenvalue weighted by Crippen LogP contribution is -2.40. The molecule has 2 aliphatic rings. The molecule has 7 heteroatoms. The smallest absolute Gasteiger partial charge is 0.163 e. The van der Waals surface area contributed by atoms with Crippen molar-refractivity contribution in [3.8, 4) is 5.75 Å². The summed E-state index contributed by atoms with van der Waals surface area (Å²) < 4.78 is 22.0. The van der Waals surface area contributed by atoms with Crippen LogP contribution in [0.2, 0.25) is 0 Å². The Hall–Kier alpha value is -3.84. The van der Waals surface area contributed by atoms with Gasteiger partial charge in [0.1, 0.15) is 17.2 Å².